The number of aromatic nitrogens is 4. The molecule has 0 fully saturated rings. The number of benzene rings is 9. The van der Waals surface area contributed by atoms with Crippen molar-refractivity contribution in [1.29, 1.82) is 0 Å². The third kappa shape index (κ3) is 5.31. The maximum absolute atomic E-state index is 5.17. The first-order valence-corrected chi connectivity index (χ1v) is 21.3. The molecule has 0 spiro atoms. The quantitative estimate of drug-likeness (QED) is 0.174. The Morgan fingerprint density at radius 3 is 1.85 bits per heavy atom. The predicted octanol–water partition coefficient (Wildman–Crippen LogP) is 14.2. The van der Waals surface area contributed by atoms with Crippen molar-refractivity contribution in [3.63, 3.8) is 0 Å². The summed E-state index contributed by atoms with van der Waals surface area (Å²) in [5.41, 5.74) is 10.1. The van der Waals surface area contributed by atoms with E-state index in [4.69, 9.17) is 15.0 Å². The van der Waals surface area contributed by atoms with Gasteiger partial charge in [-0.25, -0.2) is 15.0 Å². The van der Waals surface area contributed by atoms with Crippen LogP contribution < -0.4 is 4.90 Å². The topological polar surface area (TPSA) is 46.8 Å². The zero-order valence-electron chi connectivity index (χ0n) is 33.6. The Morgan fingerprint density at radius 1 is 0.403 bits per heavy atom. The first-order chi connectivity index (χ1) is 30.7. The average molecular weight is 792 g/mol. The van der Waals surface area contributed by atoms with Gasteiger partial charge in [0.15, 0.2) is 17.5 Å². The summed E-state index contributed by atoms with van der Waals surface area (Å²) in [7, 11) is 0. The summed E-state index contributed by atoms with van der Waals surface area (Å²) < 4.78 is 2.52. The normalized spacial score (nSPS) is 15.6. The van der Waals surface area contributed by atoms with Crippen molar-refractivity contribution in [2.45, 2.75) is 12.0 Å². The maximum atomic E-state index is 5.17. The van der Waals surface area contributed by atoms with Gasteiger partial charge in [0.2, 0.25) is 0 Å². The number of rotatable bonds is 5. The molecule has 3 heterocycles. The van der Waals surface area contributed by atoms with Crippen LogP contribution in [0.3, 0.4) is 0 Å². The molecule has 290 valence electrons. The monoisotopic (exact) mass is 791 g/mol. The summed E-state index contributed by atoms with van der Waals surface area (Å²) in [5.74, 6) is 2.16. The van der Waals surface area contributed by atoms with Crippen LogP contribution in [0.4, 0.5) is 11.4 Å². The minimum Gasteiger partial charge on any atom is -0.333 e. The van der Waals surface area contributed by atoms with Crippen LogP contribution in [0.2, 0.25) is 0 Å². The highest BCUT2D eigenvalue weighted by Crippen LogP contribution is 2.51. The fourth-order valence-electron chi connectivity index (χ4n) is 10.1. The van der Waals surface area contributed by atoms with Crippen LogP contribution in [0, 0.1) is 0 Å². The van der Waals surface area contributed by atoms with Crippen LogP contribution in [0.15, 0.2) is 212 Å². The van der Waals surface area contributed by atoms with E-state index in [2.05, 4.69) is 185 Å². The molecule has 0 amide bonds. The fraction of sp³-hybridized carbons (Fsp3) is 0.0351. The Balaban J connectivity index is 1.08. The largest absolute Gasteiger partial charge is 0.333 e. The number of allylic oxidation sites excluding steroid dienone is 2. The van der Waals surface area contributed by atoms with Crippen molar-refractivity contribution < 1.29 is 0 Å². The molecule has 5 heteroatoms. The number of anilines is 2. The van der Waals surface area contributed by atoms with Gasteiger partial charge in [0.25, 0.3) is 0 Å². The zero-order valence-corrected chi connectivity index (χ0v) is 33.6. The second kappa shape index (κ2) is 13.7. The molecule has 13 rings (SSSR count). The lowest BCUT2D eigenvalue weighted by molar-refractivity contribution is 0.745. The van der Waals surface area contributed by atoms with E-state index in [0.717, 1.165) is 33.2 Å². The molecule has 5 nitrogen and oxygen atoms in total. The van der Waals surface area contributed by atoms with Crippen LogP contribution in [0.5, 0.6) is 0 Å². The fourth-order valence-corrected chi connectivity index (χ4v) is 10.1. The summed E-state index contributed by atoms with van der Waals surface area (Å²) in [6.07, 6.45) is 9.16. The highest BCUT2D eigenvalue weighted by Gasteiger charge is 2.38. The van der Waals surface area contributed by atoms with Crippen LogP contribution >= 0.6 is 0 Å². The molecule has 0 radical (unpaired) electrons. The van der Waals surface area contributed by atoms with E-state index < -0.39 is 0 Å². The van der Waals surface area contributed by atoms with Crippen molar-refractivity contribution in [1.82, 2.24) is 19.5 Å². The lowest BCUT2D eigenvalue weighted by Crippen LogP contribution is -2.28. The second-order valence-corrected chi connectivity index (χ2v) is 16.4. The number of hydrogen-bond acceptors (Lipinski definition) is 4. The lowest BCUT2D eigenvalue weighted by atomic mass is 9.90. The summed E-state index contributed by atoms with van der Waals surface area (Å²) in [6.45, 7) is 0. The van der Waals surface area contributed by atoms with E-state index in [1.165, 1.54) is 60.3 Å². The van der Waals surface area contributed by atoms with Crippen LogP contribution in [-0.2, 0) is 0 Å². The summed E-state index contributed by atoms with van der Waals surface area (Å²) >= 11 is 0. The van der Waals surface area contributed by atoms with Crippen molar-refractivity contribution >= 4 is 65.5 Å². The molecule has 0 saturated carbocycles. The van der Waals surface area contributed by atoms with Gasteiger partial charge in [0.1, 0.15) is 0 Å². The van der Waals surface area contributed by atoms with Crippen LogP contribution in [-0.4, -0.2) is 25.6 Å². The minimum atomic E-state index is 0.172. The molecule has 62 heavy (non-hydrogen) atoms. The molecular weight excluding hydrogens is 755 g/mol. The van der Waals surface area contributed by atoms with Gasteiger partial charge in [-0.2, -0.15) is 0 Å². The number of fused-ring (bicyclic) bond motifs is 10. The van der Waals surface area contributed by atoms with Crippen molar-refractivity contribution in [3.05, 3.63) is 218 Å². The zero-order chi connectivity index (χ0) is 40.7. The predicted molar refractivity (Wildman–Crippen MR) is 256 cm³/mol. The smallest absolute Gasteiger partial charge is 0.164 e. The van der Waals surface area contributed by atoms with Gasteiger partial charge in [-0.15, -0.1) is 0 Å². The van der Waals surface area contributed by atoms with Gasteiger partial charge in [-0.1, -0.05) is 182 Å². The molecule has 2 aliphatic rings. The van der Waals surface area contributed by atoms with Gasteiger partial charge >= 0.3 is 0 Å². The van der Waals surface area contributed by atoms with Crippen molar-refractivity contribution in [3.8, 4) is 39.9 Å². The standard InChI is InChI=1S/C57H37N5/c1-3-17-38(18-4-1)55-58-56(39-19-5-2-6-20-39)60-57(59-55)47-26-13-25-44-43(47)24-14-28-51(44)62-53-35-52-48(34-49(53)46-32-30-37-16-9-10-22-42(37)54(46)62)45-23-11-12-27-50(45)61(52)41-31-29-36-15-7-8-21-40(36)33-41/h1-35,45,50H. The first-order valence-electron chi connectivity index (χ1n) is 21.3. The molecule has 9 aromatic carbocycles. The van der Waals surface area contributed by atoms with E-state index >= 15 is 0 Å². The Morgan fingerprint density at radius 2 is 1.05 bits per heavy atom. The van der Waals surface area contributed by atoms with Crippen molar-refractivity contribution in [2.75, 3.05) is 4.90 Å². The molecule has 2 atom stereocenters. The molecule has 11 aromatic rings. The van der Waals surface area contributed by atoms with E-state index in [1.54, 1.807) is 0 Å². The molecule has 0 N–H and O–H groups in total. The molecule has 1 aliphatic carbocycles. The summed E-state index contributed by atoms with van der Waals surface area (Å²) in [4.78, 5) is 17.9. The first kappa shape index (κ1) is 34.7. The molecule has 1 aliphatic heterocycles. The summed E-state index contributed by atoms with van der Waals surface area (Å²) in [6, 6.07) is 67.6. The van der Waals surface area contributed by atoms with Gasteiger partial charge < -0.3 is 9.47 Å². The number of hydrogen-bond donors (Lipinski definition) is 0. The molecular formula is C57H37N5. The van der Waals surface area contributed by atoms with E-state index in [9.17, 15) is 0 Å². The molecule has 2 unspecified atom stereocenters. The van der Waals surface area contributed by atoms with Crippen LogP contribution in [0.1, 0.15) is 11.5 Å². The van der Waals surface area contributed by atoms with Gasteiger partial charge in [0.05, 0.1) is 22.8 Å². The van der Waals surface area contributed by atoms with E-state index in [-0.39, 0.29) is 12.0 Å². The Hall–Kier alpha value is -8.15. The molecule has 0 bridgehead atoms. The summed E-state index contributed by atoms with van der Waals surface area (Å²) in [5, 5.41) is 9.59. The van der Waals surface area contributed by atoms with E-state index in [1.807, 2.05) is 36.4 Å². The third-order valence-electron chi connectivity index (χ3n) is 12.9. The Bertz CT molecular complexity index is 3600. The minimum absolute atomic E-state index is 0.172. The van der Waals surface area contributed by atoms with Gasteiger partial charge in [-0.3, -0.25) is 0 Å². The average Bonchev–Trinajstić information content (AvgIpc) is 3.85. The number of nitrogens with zero attached hydrogens (tertiary/aromatic N) is 5. The van der Waals surface area contributed by atoms with Gasteiger partial charge in [-0.05, 0) is 57.4 Å². The third-order valence-corrected chi connectivity index (χ3v) is 12.9. The second-order valence-electron chi connectivity index (χ2n) is 16.4. The Kier molecular flexibility index (Phi) is 7.66. The highest BCUT2D eigenvalue weighted by molar-refractivity contribution is 6.20. The maximum Gasteiger partial charge on any atom is 0.164 e. The van der Waals surface area contributed by atoms with E-state index in [0.29, 0.717) is 17.5 Å². The SMILES string of the molecule is C1=CC2c3cc4c5ccc6ccccc6c5n(-c5cccc6c(-c7nc(-c8ccccc8)nc(-c8ccccc8)n7)cccc56)c4cc3N(c3ccc4ccccc4c3)C2C=C1. The molecule has 2 aromatic heterocycles. The Labute approximate surface area is 358 Å². The highest BCUT2D eigenvalue weighted by atomic mass is 15.2. The lowest BCUT2D eigenvalue weighted by Gasteiger charge is -2.29. The molecule has 0 saturated heterocycles. The van der Waals surface area contributed by atoms with Gasteiger partial charge in [0, 0.05) is 55.5 Å². The van der Waals surface area contributed by atoms with Crippen molar-refractivity contribution in [2.24, 2.45) is 0 Å². The van der Waals surface area contributed by atoms with Crippen LogP contribution in [0.25, 0.3) is 94.0 Å².